The molecule has 0 aromatic carbocycles. The third-order valence-electron chi connectivity index (χ3n) is 0.816. The zero-order chi connectivity index (χ0) is 8.04. The molecule has 0 rings (SSSR count). The van der Waals surface area contributed by atoms with Gasteiger partial charge in [0.15, 0.2) is 0 Å². The van der Waals surface area contributed by atoms with E-state index in [1.807, 2.05) is 6.92 Å². The van der Waals surface area contributed by atoms with E-state index in [0.29, 0.717) is 6.54 Å². The molecule has 0 saturated heterocycles. The van der Waals surface area contributed by atoms with E-state index < -0.39 is 7.82 Å². The minimum absolute atomic E-state index is 0. The van der Waals surface area contributed by atoms with Gasteiger partial charge >= 0.3 is 37.4 Å². The van der Waals surface area contributed by atoms with E-state index in [4.69, 9.17) is 9.79 Å². The molecule has 0 fully saturated rings. The van der Waals surface area contributed by atoms with Gasteiger partial charge in [-0.15, -0.1) is 0 Å². The Hall–Kier alpha value is 1.07. The van der Waals surface area contributed by atoms with Gasteiger partial charge in [0.1, 0.15) is 0 Å². The van der Waals surface area contributed by atoms with Gasteiger partial charge in [-0.3, -0.25) is 0 Å². The topological polar surface area (TPSA) is 78.8 Å². The summed E-state index contributed by atoms with van der Waals surface area (Å²) in [4.78, 5) is 16.3. The summed E-state index contributed by atoms with van der Waals surface area (Å²) >= 11 is 0. The Morgan fingerprint density at radius 3 is 2.45 bits per heavy atom. The summed E-state index contributed by atoms with van der Waals surface area (Å²) < 4.78 is 14.0. The normalized spacial score (nSPS) is 10.8. The van der Waals surface area contributed by atoms with Crippen LogP contribution in [0.5, 0.6) is 0 Å². The Labute approximate surface area is 88.0 Å². The molecule has 0 atom stereocenters. The Balaban J connectivity index is 0. The van der Waals surface area contributed by atoms with Crippen molar-refractivity contribution in [3.8, 4) is 0 Å². The van der Waals surface area contributed by atoms with E-state index in [1.54, 1.807) is 0 Å². The molecule has 0 aromatic rings. The Bertz CT molecular complexity index is 127. The zero-order valence-electron chi connectivity index (χ0n) is 5.78. The van der Waals surface area contributed by atoms with Crippen molar-refractivity contribution in [3.05, 3.63) is 0 Å². The van der Waals surface area contributed by atoms with Crippen molar-refractivity contribution in [3.63, 3.8) is 0 Å². The van der Waals surface area contributed by atoms with Crippen LogP contribution in [0.3, 0.4) is 0 Å². The molecular formula is C4H13NNaO4P. The standard InChI is InChI=1S/C4H12NO4P.Na.H/c1-2-3-4-5-9-10(6,7)8;;/h5H,2-4H2,1H3,(H2,6,7,8);;. The van der Waals surface area contributed by atoms with E-state index in [9.17, 15) is 4.57 Å². The van der Waals surface area contributed by atoms with Gasteiger partial charge in [-0.2, -0.15) is 10.1 Å². The van der Waals surface area contributed by atoms with E-state index in [1.165, 1.54) is 0 Å². The van der Waals surface area contributed by atoms with E-state index in [0.717, 1.165) is 12.8 Å². The number of unbranched alkanes of at least 4 members (excludes halogenated alkanes) is 1. The third-order valence-corrected chi connectivity index (χ3v) is 1.18. The van der Waals surface area contributed by atoms with Crippen molar-refractivity contribution >= 4 is 37.4 Å². The summed E-state index contributed by atoms with van der Waals surface area (Å²) in [5.74, 6) is 0. The molecule has 0 aliphatic rings. The van der Waals surface area contributed by atoms with Crippen LogP contribution in [0.4, 0.5) is 0 Å². The van der Waals surface area contributed by atoms with Crippen molar-refractivity contribution in [2.45, 2.75) is 19.8 Å². The molecule has 0 aliphatic carbocycles. The monoisotopic (exact) mass is 193 g/mol. The molecule has 0 unspecified atom stereocenters. The van der Waals surface area contributed by atoms with Gasteiger partial charge in [0.05, 0.1) is 0 Å². The van der Waals surface area contributed by atoms with Crippen LogP contribution < -0.4 is 5.48 Å². The second-order valence-electron chi connectivity index (χ2n) is 1.83. The molecule has 7 heteroatoms. The van der Waals surface area contributed by atoms with E-state index >= 15 is 0 Å². The fourth-order valence-electron chi connectivity index (χ4n) is 0.379. The van der Waals surface area contributed by atoms with Crippen LogP contribution in [0.2, 0.25) is 0 Å². The number of rotatable bonds is 5. The van der Waals surface area contributed by atoms with Crippen LogP contribution in [-0.4, -0.2) is 45.9 Å². The third kappa shape index (κ3) is 14.0. The summed E-state index contributed by atoms with van der Waals surface area (Å²) in [5, 5.41) is 0. The molecule has 0 radical (unpaired) electrons. The molecular weight excluding hydrogens is 180 g/mol. The summed E-state index contributed by atoms with van der Waals surface area (Å²) in [7, 11) is -4.32. The molecule has 0 aliphatic heterocycles. The van der Waals surface area contributed by atoms with Gasteiger partial charge in [-0.05, 0) is 6.42 Å². The number of hydrogen-bond acceptors (Lipinski definition) is 3. The van der Waals surface area contributed by atoms with Crippen LogP contribution >= 0.6 is 7.82 Å². The second-order valence-corrected chi connectivity index (χ2v) is 2.99. The Morgan fingerprint density at radius 2 is 2.09 bits per heavy atom. The second kappa shape index (κ2) is 7.71. The predicted molar refractivity (Wildman–Crippen MR) is 43.2 cm³/mol. The molecule has 11 heavy (non-hydrogen) atoms. The molecule has 3 N–H and O–H groups in total. The van der Waals surface area contributed by atoms with Gasteiger partial charge in [0.2, 0.25) is 0 Å². The van der Waals surface area contributed by atoms with Crippen molar-refractivity contribution in [2.75, 3.05) is 6.54 Å². The van der Waals surface area contributed by atoms with Gasteiger partial charge in [-0.1, -0.05) is 13.3 Å². The van der Waals surface area contributed by atoms with Crippen molar-refractivity contribution < 1.29 is 19.0 Å². The predicted octanol–water partition coefficient (Wildman–Crippen LogP) is -0.248. The van der Waals surface area contributed by atoms with Crippen LogP contribution in [0.1, 0.15) is 19.8 Å². The Morgan fingerprint density at radius 1 is 1.55 bits per heavy atom. The molecule has 0 aromatic heterocycles. The number of phosphoric acid groups is 1. The minimum atomic E-state index is -4.32. The zero-order valence-corrected chi connectivity index (χ0v) is 6.67. The fraction of sp³-hybridized carbons (Fsp3) is 1.00. The first-order valence-corrected chi connectivity index (χ1v) is 4.56. The van der Waals surface area contributed by atoms with Crippen LogP contribution in [0.25, 0.3) is 0 Å². The summed E-state index contributed by atoms with van der Waals surface area (Å²) in [6.07, 6.45) is 1.79. The average molecular weight is 193 g/mol. The summed E-state index contributed by atoms with van der Waals surface area (Å²) in [5.41, 5.74) is 2.16. The van der Waals surface area contributed by atoms with Crippen LogP contribution in [0, 0.1) is 0 Å². The maximum atomic E-state index is 10.0. The van der Waals surface area contributed by atoms with Gasteiger partial charge in [0.25, 0.3) is 0 Å². The molecule has 0 heterocycles. The summed E-state index contributed by atoms with van der Waals surface area (Å²) in [6, 6.07) is 0. The molecule has 0 bridgehead atoms. The Kier molecular flexibility index (Phi) is 10.2. The molecule has 0 amide bonds. The molecule has 0 spiro atoms. The first-order valence-electron chi connectivity index (χ1n) is 3.03. The van der Waals surface area contributed by atoms with Crippen molar-refractivity contribution in [1.29, 1.82) is 0 Å². The number of nitrogens with one attached hydrogen (secondary N) is 1. The first kappa shape index (κ1) is 14.6. The SMILES string of the molecule is CCCCNOP(=O)(O)O.[NaH]. The first-order chi connectivity index (χ1) is 4.56. The van der Waals surface area contributed by atoms with Crippen molar-refractivity contribution in [2.24, 2.45) is 0 Å². The average Bonchev–Trinajstić information content (AvgIpc) is 1.78. The fourth-order valence-corrected chi connectivity index (χ4v) is 0.638. The van der Waals surface area contributed by atoms with Crippen LogP contribution in [-0.2, 0) is 9.19 Å². The van der Waals surface area contributed by atoms with Crippen LogP contribution in [0.15, 0.2) is 0 Å². The number of hydroxylamine groups is 1. The maximum absolute atomic E-state index is 10.0. The van der Waals surface area contributed by atoms with Crippen molar-refractivity contribution in [1.82, 2.24) is 5.48 Å². The quantitative estimate of drug-likeness (QED) is 0.243. The van der Waals surface area contributed by atoms with Gasteiger partial charge < -0.3 is 9.79 Å². The summed E-state index contributed by atoms with van der Waals surface area (Å²) in [6.45, 7) is 2.43. The molecule has 5 nitrogen and oxygen atoms in total. The van der Waals surface area contributed by atoms with E-state index in [-0.39, 0.29) is 29.6 Å². The number of hydrogen-bond donors (Lipinski definition) is 3. The van der Waals surface area contributed by atoms with E-state index in [2.05, 4.69) is 10.1 Å². The van der Waals surface area contributed by atoms with Gasteiger partial charge in [-0.25, -0.2) is 4.57 Å². The molecule has 64 valence electrons. The van der Waals surface area contributed by atoms with Gasteiger partial charge in [0, 0.05) is 6.54 Å². The molecule has 0 saturated carbocycles.